The van der Waals surface area contributed by atoms with Crippen molar-refractivity contribution in [2.45, 2.75) is 27.2 Å². The minimum Gasteiger partial charge on any atom is -0.345 e. The van der Waals surface area contributed by atoms with Crippen molar-refractivity contribution < 1.29 is 21.1 Å². The van der Waals surface area contributed by atoms with E-state index in [9.17, 15) is 0 Å². The molecule has 0 rings (SSSR count). The molecule has 1 atom stereocenters. The zero-order chi connectivity index (χ0) is 6.78. The second kappa shape index (κ2) is 4.50. The molecule has 0 aliphatic carbocycles. The first-order chi connectivity index (χ1) is 3.48. The minimum atomic E-state index is 0. The average Bonchev–Trinajstić information content (AvgIpc) is 1.62. The molecular formula is C8H16W. The molecule has 0 radical (unpaired) electrons. The van der Waals surface area contributed by atoms with E-state index in [1.54, 1.807) is 0 Å². The van der Waals surface area contributed by atoms with Crippen LogP contribution in [0, 0.1) is 25.2 Å². The molecule has 0 aromatic heterocycles. The van der Waals surface area contributed by atoms with Gasteiger partial charge in [-0.3, -0.25) is 0 Å². The molecule has 0 heterocycles. The molecule has 0 saturated heterocycles. The Kier molecular flexibility index (Phi) is 6.18. The van der Waals surface area contributed by atoms with E-state index in [0.717, 1.165) is 6.42 Å². The Labute approximate surface area is 73.7 Å². The summed E-state index contributed by atoms with van der Waals surface area (Å²) in [6, 6.07) is 0. The third-order valence-corrected chi connectivity index (χ3v) is 1.57. The van der Waals surface area contributed by atoms with Crippen LogP contribution in [0.4, 0.5) is 0 Å². The summed E-state index contributed by atoms with van der Waals surface area (Å²) in [5.41, 5.74) is 0.335. The minimum absolute atomic E-state index is 0. The Balaban J connectivity index is 0. The Morgan fingerprint density at radius 3 is 1.67 bits per heavy atom. The second-order valence-electron chi connectivity index (χ2n) is 3.35. The van der Waals surface area contributed by atoms with E-state index < -0.39 is 0 Å². The van der Waals surface area contributed by atoms with E-state index in [1.165, 1.54) is 0 Å². The second-order valence-corrected chi connectivity index (χ2v) is 3.35. The standard InChI is InChI=1S/C8H16.W/c1-6-7(2)8(3,4)5;/h7H,1-2,6H2,3-5H3;/q-2;+2. The molecular weight excluding hydrogens is 280 g/mol. The average molecular weight is 296 g/mol. The van der Waals surface area contributed by atoms with E-state index >= 15 is 0 Å². The first-order valence-corrected chi connectivity index (χ1v) is 3.11. The van der Waals surface area contributed by atoms with Crippen LogP contribution in [-0.2, 0) is 21.1 Å². The van der Waals surface area contributed by atoms with Gasteiger partial charge in [0, 0.05) is 0 Å². The van der Waals surface area contributed by atoms with Gasteiger partial charge in [0.1, 0.15) is 0 Å². The van der Waals surface area contributed by atoms with E-state index in [1.807, 2.05) is 0 Å². The van der Waals surface area contributed by atoms with Crippen molar-refractivity contribution in [3.63, 3.8) is 0 Å². The number of hydrogen-bond donors (Lipinski definition) is 0. The third-order valence-electron chi connectivity index (χ3n) is 1.57. The summed E-state index contributed by atoms with van der Waals surface area (Å²) in [6.45, 7) is 14.3. The van der Waals surface area contributed by atoms with Crippen LogP contribution < -0.4 is 0 Å². The summed E-state index contributed by atoms with van der Waals surface area (Å²) in [5.74, 6) is 0.488. The van der Waals surface area contributed by atoms with Crippen LogP contribution in [0.25, 0.3) is 0 Å². The van der Waals surface area contributed by atoms with Gasteiger partial charge in [0.2, 0.25) is 0 Å². The predicted molar refractivity (Wildman–Crippen MR) is 38.3 cm³/mol. The first kappa shape index (κ1) is 12.4. The van der Waals surface area contributed by atoms with Crippen molar-refractivity contribution >= 4 is 0 Å². The van der Waals surface area contributed by atoms with Crippen LogP contribution in [0.1, 0.15) is 27.2 Å². The summed E-state index contributed by atoms with van der Waals surface area (Å²) in [7, 11) is 0. The molecule has 0 saturated carbocycles. The smallest absolute Gasteiger partial charge is 0.345 e. The van der Waals surface area contributed by atoms with Gasteiger partial charge >= 0.3 is 21.1 Å². The molecule has 0 aliphatic rings. The Hall–Kier alpha value is 0.688. The third kappa shape index (κ3) is 5.15. The van der Waals surface area contributed by atoms with Gasteiger partial charge in [-0.15, -0.1) is 0 Å². The predicted octanol–water partition coefficient (Wildman–Crippen LogP) is 2.70. The van der Waals surface area contributed by atoms with Crippen molar-refractivity contribution in [1.82, 2.24) is 0 Å². The number of hydrogen-bond acceptors (Lipinski definition) is 0. The summed E-state index contributed by atoms with van der Waals surface area (Å²) in [6.07, 6.45) is 0.934. The van der Waals surface area contributed by atoms with E-state index in [4.69, 9.17) is 0 Å². The molecule has 0 aromatic carbocycles. The van der Waals surface area contributed by atoms with Crippen molar-refractivity contribution in [3.05, 3.63) is 13.8 Å². The SMILES string of the molecule is [CH2-]CC([CH2-])C(C)(C)C.[W+2]. The summed E-state index contributed by atoms with van der Waals surface area (Å²) in [5, 5.41) is 0. The van der Waals surface area contributed by atoms with Crippen LogP contribution in [0.5, 0.6) is 0 Å². The summed E-state index contributed by atoms with van der Waals surface area (Å²) < 4.78 is 0. The first-order valence-electron chi connectivity index (χ1n) is 3.11. The molecule has 0 aromatic rings. The molecule has 0 bridgehead atoms. The van der Waals surface area contributed by atoms with Crippen molar-refractivity contribution in [1.29, 1.82) is 0 Å². The van der Waals surface area contributed by atoms with Gasteiger partial charge in [0.25, 0.3) is 0 Å². The monoisotopic (exact) mass is 296 g/mol. The van der Waals surface area contributed by atoms with Crippen molar-refractivity contribution in [2.24, 2.45) is 11.3 Å². The normalized spacial score (nSPS) is 14.3. The Morgan fingerprint density at radius 2 is 1.67 bits per heavy atom. The topological polar surface area (TPSA) is 0 Å². The number of rotatable bonds is 1. The fourth-order valence-corrected chi connectivity index (χ4v) is 0.433. The van der Waals surface area contributed by atoms with Gasteiger partial charge < -0.3 is 13.8 Å². The maximum atomic E-state index is 3.97. The van der Waals surface area contributed by atoms with Crippen molar-refractivity contribution in [3.8, 4) is 0 Å². The van der Waals surface area contributed by atoms with Gasteiger partial charge in [0.15, 0.2) is 0 Å². The zero-order valence-corrected chi connectivity index (χ0v) is 9.54. The van der Waals surface area contributed by atoms with Crippen LogP contribution in [0.2, 0.25) is 0 Å². The van der Waals surface area contributed by atoms with E-state index in [-0.39, 0.29) is 21.1 Å². The molecule has 0 fully saturated rings. The molecule has 54 valence electrons. The largest absolute Gasteiger partial charge is 2.00 e. The van der Waals surface area contributed by atoms with Crippen LogP contribution in [0.15, 0.2) is 0 Å². The molecule has 0 nitrogen and oxygen atoms in total. The molecule has 0 amide bonds. The Bertz CT molecular complexity index is 61.5. The summed E-state index contributed by atoms with van der Waals surface area (Å²) in [4.78, 5) is 0. The molecule has 0 N–H and O–H groups in total. The molecule has 1 unspecified atom stereocenters. The molecule has 9 heavy (non-hydrogen) atoms. The van der Waals surface area contributed by atoms with E-state index in [2.05, 4.69) is 34.6 Å². The van der Waals surface area contributed by atoms with Gasteiger partial charge in [-0.25, -0.2) is 6.42 Å². The Morgan fingerprint density at radius 1 is 1.33 bits per heavy atom. The fourth-order valence-electron chi connectivity index (χ4n) is 0.433. The van der Waals surface area contributed by atoms with Crippen LogP contribution in [-0.4, -0.2) is 0 Å². The van der Waals surface area contributed by atoms with Crippen molar-refractivity contribution in [2.75, 3.05) is 0 Å². The van der Waals surface area contributed by atoms with Crippen LogP contribution in [0.3, 0.4) is 0 Å². The van der Waals surface area contributed by atoms with Gasteiger partial charge in [-0.2, -0.15) is 5.92 Å². The maximum absolute atomic E-state index is 3.97. The quantitative estimate of drug-likeness (QED) is 0.653. The van der Waals surface area contributed by atoms with Gasteiger partial charge in [0.05, 0.1) is 0 Å². The zero-order valence-electron chi connectivity index (χ0n) is 6.61. The van der Waals surface area contributed by atoms with E-state index in [0.29, 0.717) is 11.3 Å². The van der Waals surface area contributed by atoms with Gasteiger partial charge in [-0.05, 0) is 0 Å². The van der Waals surface area contributed by atoms with Gasteiger partial charge in [-0.1, -0.05) is 26.2 Å². The maximum Gasteiger partial charge on any atom is 2.00 e. The van der Waals surface area contributed by atoms with Crippen LogP contribution >= 0.6 is 0 Å². The summed E-state index contributed by atoms with van der Waals surface area (Å²) >= 11 is 0. The molecule has 0 spiro atoms. The molecule has 1 heteroatoms. The fraction of sp³-hybridized carbons (Fsp3) is 0.750. The molecule has 0 aliphatic heterocycles.